The van der Waals surface area contributed by atoms with Gasteiger partial charge in [0.2, 0.25) is 0 Å². The van der Waals surface area contributed by atoms with Crippen molar-refractivity contribution in [3.63, 3.8) is 0 Å². The van der Waals surface area contributed by atoms with Gasteiger partial charge in [-0.2, -0.15) is 0 Å². The van der Waals surface area contributed by atoms with Crippen LogP contribution in [0, 0.1) is 0 Å². The molecule has 0 amide bonds. The van der Waals surface area contributed by atoms with Crippen LogP contribution in [0.25, 0.3) is 22.6 Å². The standard InChI is InChI=1S/C17H11N3O4/c21-17(13-8-7-11-4-1-2-5-12(11)18-13)23-10-15-19-20-16(24-15)14-6-3-9-22-14/h1-9H,10H2. The quantitative estimate of drug-likeness (QED) is 0.533. The highest BCUT2D eigenvalue weighted by Gasteiger charge is 2.14. The van der Waals surface area contributed by atoms with Gasteiger partial charge in [0.15, 0.2) is 12.4 Å². The number of ether oxygens (including phenoxy) is 1. The Morgan fingerprint density at radius 2 is 1.96 bits per heavy atom. The van der Waals surface area contributed by atoms with Crippen molar-refractivity contribution < 1.29 is 18.4 Å². The average Bonchev–Trinajstić information content (AvgIpc) is 3.30. The zero-order valence-electron chi connectivity index (χ0n) is 12.4. The summed E-state index contributed by atoms with van der Waals surface area (Å²) in [7, 11) is 0. The highest BCUT2D eigenvalue weighted by molar-refractivity contribution is 5.90. The van der Waals surface area contributed by atoms with Crippen molar-refractivity contribution in [3.8, 4) is 11.7 Å². The minimum absolute atomic E-state index is 0.138. The van der Waals surface area contributed by atoms with Crippen LogP contribution in [0.4, 0.5) is 0 Å². The van der Waals surface area contributed by atoms with Gasteiger partial charge >= 0.3 is 5.97 Å². The summed E-state index contributed by atoms with van der Waals surface area (Å²) in [5, 5.41) is 8.60. The Morgan fingerprint density at radius 1 is 1.04 bits per heavy atom. The SMILES string of the molecule is O=C(OCc1nnc(-c2ccco2)o1)c1ccc2ccccc2n1. The highest BCUT2D eigenvalue weighted by Crippen LogP contribution is 2.18. The van der Waals surface area contributed by atoms with E-state index < -0.39 is 5.97 Å². The first-order valence-electron chi connectivity index (χ1n) is 7.19. The average molecular weight is 321 g/mol. The van der Waals surface area contributed by atoms with Crippen LogP contribution in [0.5, 0.6) is 0 Å². The van der Waals surface area contributed by atoms with Gasteiger partial charge in [-0.1, -0.05) is 24.3 Å². The molecule has 0 aliphatic carbocycles. The summed E-state index contributed by atoms with van der Waals surface area (Å²) in [6, 6.07) is 14.4. The molecule has 1 aromatic carbocycles. The number of rotatable bonds is 4. The first-order chi connectivity index (χ1) is 11.8. The van der Waals surface area contributed by atoms with Gasteiger partial charge in [-0.3, -0.25) is 0 Å². The molecule has 0 N–H and O–H groups in total. The van der Waals surface area contributed by atoms with Crippen molar-refractivity contribution in [2.24, 2.45) is 0 Å². The third-order valence-corrected chi connectivity index (χ3v) is 3.33. The number of aromatic nitrogens is 3. The second-order valence-electron chi connectivity index (χ2n) is 4.94. The van der Waals surface area contributed by atoms with Crippen molar-refractivity contribution in [1.82, 2.24) is 15.2 Å². The third kappa shape index (κ3) is 2.74. The van der Waals surface area contributed by atoms with E-state index in [4.69, 9.17) is 13.6 Å². The minimum Gasteiger partial charge on any atom is -0.459 e. The van der Waals surface area contributed by atoms with E-state index in [-0.39, 0.29) is 24.1 Å². The number of pyridine rings is 1. The monoisotopic (exact) mass is 321 g/mol. The van der Waals surface area contributed by atoms with E-state index >= 15 is 0 Å². The summed E-state index contributed by atoms with van der Waals surface area (Å²) in [5.74, 6) is 0.306. The maximum absolute atomic E-state index is 12.1. The second kappa shape index (κ2) is 5.96. The molecule has 3 aromatic heterocycles. The molecule has 0 radical (unpaired) electrons. The van der Waals surface area contributed by atoms with E-state index in [1.807, 2.05) is 30.3 Å². The third-order valence-electron chi connectivity index (χ3n) is 3.33. The van der Waals surface area contributed by atoms with Gasteiger partial charge in [0.05, 0.1) is 11.8 Å². The van der Waals surface area contributed by atoms with Crippen LogP contribution in [0.2, 0.25) is 0 Å². The predicted molar refractivity (Wildman–Crippen MR) is 82.9 cm³/mol. The summed E-state index contributed by atoms with van der Waals surface area (Å²) < 4.78 is 15.7. The van der Waals surface area contributed by atoms with E-state index in [2.05, 4.69) is 15.2 Å². The molecule has 7 nitrogen and oxygen atoms in total. The Bertz CT molecular complexity index is 992. The molecule has 0 bridgehead atoms. The van der Waals surface area contributed by atoms with Crippen molar-refractivity contribution >= 4 is 16.9 Å². The molecule has 118 valence electrons. The largest absolute Gasteiger partial charge is 0.459 e. The fourth-order valence-electron chi connectivity index (χ4n) is 2.19. The topological polar surface area (TPSA) is 91.2 Å². The van der Waals surface area contributed by atoms with Crippen LogP contribution < -0.4 is 0 Å². The van der Waals surface area contributed by atoms with Gasteiger partial charge in [-0.15, -0.1) is 10.2 Å². The number of nitrogens with zero attached hydrogens (tertiary/aromatic N) is 3. The first kappa shape index (κ1) is 14.1. The molecule has 0 unspecified atom stereocenters. The zero-order valence-corrected chi connectivity index (χ0v) is 12.4. The number of carbonyl (C=O) groups excluding carboxylic acids is 1. The molecule has 7 heteroatoms. The van der Waals surface area contributed by atoms with Gasteiger partial charge in [-0.25, -0.2) is 9.78 Å². The summed E-state index contributed by atoms with van der Waals surface area (Å²) in [6.07, 6.45) is 1.50. The Morgan fingerprint density at radius 3 is 2.83 bits per heavy atom. The molecule has 0 aliphatic heterocycles. The maximum atomic E-state index is 12.1. The number of hydrogen-bond donors (Lipinski definition) is 0. The molecule has 0 fully saturated rings. The van der Waals surface area contributed by atoms with Crippen LogP contribution in [0.3, 0.4) is 0 Å². The van der Waals surface area contributed by atoms with Gasteiger partial charge in [-0.05, 0) is 24.3 Å². The van der Waals surface area contributed by atoms with Crippen LogP contribution >= 0.6 is 0 Å². The minimum atomic E-state index is -0.557. The lowest BCUT2D eigenvalue weighted by Gasteiger charge is -2.03. The second-order valence-corrected chi connectivity index (χ2v) is 4.94. The smallest absolute Gasteiger partial charge is 0.357 e. The molecule has 0 saturated carbocycles. The number of benzene rings is 1. The summed E-state index contributed by atoms with van der Waals surface area (Å²) in [6.45, 7) is -0.138. The van der Waals surface area contributed by atoms with E-state index in [0.29, 0.717) is 5.76 Å². The number of fused-ring (bicyclic) bond motifs is 1. The number of carbonyl (C=O) groups is 1. The Hall–Kier alpha value is -3.48. The van der Waals surface area contributed by atoms with Crippen molar-refractivity contribution in [2.75, 3.05) is 0 Å². The lowest BCUT2D eigenvalue weighted by Crippen LogP contribution is -2.07. The molecule has 3 heterocycles. The first-order valence-corrected chi connectivity index (χ1v) is 7.19. The van der Waals surface area contributed by atoms with Crippen molar-refractivity contribution in [3.05, 3.63) is 66.4 Å². The lowest BCUT2D eigenvalue weighted by molar-refractivity contribution is 0.0432. The summed E-state index contributed by atoms with van der Waals surface area (Å²) in [4.78, 5) is 16.4. The Labute approximate surface area is 135 Å². The Kier molecular flexibility index (Phi) is 3.51. The van der Waals surface area contributed by atoms with Gasteiger partial charge in [0.25, 0.3) is 11.8 Å². The Balaban J connectivity index is 1.46. The van der Waals surface area contributed by atoms with Crippen LogP contribution in [-0.2, 0) is 11.3 Å². The van der Waals surface area contributed by atoms with Crippen LogP contribution in [-0.4, -0.2) is 21.2 Å². The number of esters is 1. The van der Waals surface area contributed by atoms with Gasteiger partial charge in [0.1, 0.15) is 5.69 Å². The normalized spacial score (nSPS) is 10.8. The molecular weight excluding hydrogens is 310 g/mol. The molecule has 0 spiro atoms. The van der Waals surface area contributed by atoms with E-state index in [0.717, 1.165) is 10.9 Å². The number of para-hydroxylation sites is 1. The van der Waals surface area contributed by atoms with E-state index in [1.54, 1.807) is 18.2 Å². The molecule has 0 aliphatic rings. The molecule has 4 rings (SSSR count). The fourth-order valence-corrected chi connectivity index (χ4v) is 2.19. The molecule has 0 saturated heterocycles. The summed E-state index contributed by atoms with van der Waals surface area (Å²) >= 11 is 0. The predicted octanol–water partition coefficient (Wildman–Crippen LogP) is 3.23. The van der Waals surface area contributed by atoms with Gasteiger partial charge in [0, 0.05) is 5.39 Å². The highest BCUT2D eigenvalue weighted by atomic mass is 16.5. The maximum Gasteiger partial charge on any atom is 0.357 e. The zero-order chi connectivity index (χ0) is 16.4. The fraction of sp³-hybridized carbons (Fsp3) is 0.0588. The molecule has 4 aromatic rings. The van der Waals surface area contributed by atoms with Crippen molar-refractivity contribution in [2.45, 2.75) is 6.61 Å². The number of furan rings is 1. The number of hydrogen-bond acceptors (Lipinski definition) is 7. The van der Waals surface area contributed by atoms with Crippen LogP contribution in [0.15, 0.2) is 63.6 Å². The van der Waals surface area contributed by atoms with Gasteiger partial charge < -0.3 is 13.6 Å². The lowest BCUT2D eigenvalue weighted by atomic mass is 10.2. The molecular formula is C17H11N3O4. The molecule has 24 heavy (non-hydrogen) atoms. The van der Waals surface area contributed by atoms with Crippen LogP contribution in [0.1, 0.15) is 16.4 Å². The van der Waals surface area contributed by atoms with E-state index in [1.165, 1.54) is 6.26 Å². The summed E-state index contributed by atoms with van der Waals surface area (Å²) in [5.41, 5.74) is 0.948. The van der Waals surface area contributed by atoms with Crippen molar-refractivity contribution in [1.29, 1.82) is 0 Å². The van der Waals surface area contributed by atoms with E-state index in [9.17, 15) is 4.79 Å². The molecule has 0 atom stereocenters.